The Bertz CT molecular complexity index is 1040. The van der Waals surface area contributed by atoms with Crippen molar-refractivity contribution in [2.24, 2.45) is 10.9 Å². The highest BCUT2D eigenvalue weighted by molar-refractivity contribution is 6.22. The number of carbonyl (C=O) groups is 1. The van der Waals surface area contributed by atoms with Crippen molar-refractivity contribution < 1.29 is 24.1 Å². The van der Waals surface area contributed by atoms with Gasteiger partial charge >= 0.3 is 0 Å². The average molecular weight is 377 g/mol. The second-order valence-electron chi connectivity index (χ2n) is 7.66. The molecule has 0 unspecified atom stereocenters. The predicted molar refractivity (Wildman–Crippen MR) is 100 cm³/mol. The fourth-order valence-electron chi connectivity index (χ4n) is 5.35. The monoisotopic (exact) mass is 377 g/mol. The molecule has 0 amide bonds. The molecule has 2 aliphatic heterocycles. The van der Waals surface area contributed by atoms with Gasteiger partial charge in [0.1, 0.15) is 11.6 Å². The van der Waals surface area contributed by atoms with Gasteiger partial charge in [-0.25, -0.2) is 0 Å². The van der Waals surface area contributed by atoms with Crippen LogP contribution >= 0.6 is 0 Å². The summed E-state index contributed by atoms with van der Waals surface area (Å²) in [4.78, 5) is 17.0. The zero-order valence-electron chi connectivity index (χ0n) is 15.8. The first-order chi connectivity index (χ1) is 13.4. The van der Waals surface area contributed by atoms with Crippen molar-refractivity contribution in [1.29, 1.82) is 0 Å². The van der Waals surface area contributed by atoms with Crippen LogP contribution in [0.25, 0.3) is 0 Å². The largest absolute Gasteiger partial charge is 0.370 e. The van der Waals surface area contributed by atoms with Gasteiger partial charge in [-0.15, -0.1) is 0 Å². The Hall–Kier alpha value is -2.48. The van der Waals surface area contributed by atoms with Crippen molar-refractivity contribution in [2.45, 2.75) is 42.0 Å². The highest BCUT2D eigenvalue weighted by atomic mass is 16.7. The molecule has 0 spiro atoms. The molecule has 5 rings (SSSR count). The number of epoxide rings is 1. The van der Waals surface area contributed by atoms with E-state index in [0.717, 1.165) is 0 Å². The SMILES string of the molecule is COC1(OC)C[C@H](C)[C@@]23O[C@]24C2=CC(=O)C=CC2=N[C@H]3C#C/C=C\C#C[C@@]14O. The van der Waals surface area contributed by atoms with Gasteiger partial charge in [-0.3, -0.25) is 9.79 Å². The molecule has 0 aromatic rings. The lowest BCUT2D eigenvalue weighted by molar-refractivity contribution is -0.310. The second kappa shape index (κ2) is 5.31. The lowest BCUT2D eigenvalue weighted by Gasteiger charge is -2.53. The van der Waals surface area contributed by atoms with Crippen LogP contribution in [0.5, 0.6) is 0 Å². The van der Waals surface area contributed by atoms with E-state index in [0.29, 0.717) is 17.7 Å². The molecule has 1 N–H and O–H groups in total. The first kappa shape index (κ1) is 17.6. The van der Waals surface area contributed by atoms with Crippen molar-refractivity contribution in [3.8, 4) is 23.7 Å². The van der Waals surface area contributed by atoms with E-state index >= 15 is 0 Å². The summed E-state index contributed by atoms with van der Waals surface area (Å²) < 4.78 is 18.0. The Morgan fingerprint density at radius 3 is 2.75 bits per heavy atom. The summed E-state index contributed by atoms with van der Waals surface area (Å²) in [5, 5.41) is 12.1. The highest BCUT2D eigenvalue weighted by Gasteiger charge is 2.92. The van der Waals surface area contributed by atoms with Gasteiger partial charge in [0.15, 0.2) is 11.4 Å². The van der Waals surface area contributed by atoms with E-state index in [-0.39, 0.29) is 11.7 Å². The van der Waals surface area contributed by atoms with E-state index < -0.39 is 28.6 Å². The quantitative estimate of drug-likeness (QED) is 0.332. The van der Waals surface area contributed by atoms with Gasteiger partial charge in [0, 0.05) is 26.2 Å². The lowest BCUT2D eigenvalue weighted by atomic mass is 9.55. The van der Waals surface area contributed by atoms with E-state index in [1.807, 2.05) is 6.92 Å². The number of fused-ring (bicyclic) bond motifs is 1. The van der Waals surface area contributed by atoms with E-state index in [1.165, 1.54) is 26.4 Å². The molecule has 2 heterocycles. The number of aliphatic imine (C=N–C) groups is 1. The van der Waals surface area contributed by atoms with E-state index in [1.54, 1.807) is 18.2 Å². The van der Waals surface area contributed by atoms with Crippen LogP contribution in [0.3, 0.4) is 0 Å². The minimum Gasteiger partial charge on any atom is -0.370 e. The number of rotatable bonds is 2. The fraction of sp³-hybridized carbons (Fsp3) is 0.455. The van der Waals surface area contributed by atoms with Crippen LogP contribution in [-0.4, -0.2) is 59.5 Å². The molecular weight excluding hydrogens is 358 g/mol. The molecule has 6 heteroatoms. The Labute approximate surface area is 162 Å². The summed E-state index contributed by atoms with van der Waals surface area (Å²) in [6.45, 7) is 2.00. The van der Waals surface area contributed by atoms with Gasteiger partial charge in [-0.1, -0.05) is 30.6 Å². The topological polar surface area (TPSA) is 80.7 Å². The maximum atomic E-state index is 12.2. The van der Waals surface area contributed by atoms with E-state index in [4.69, 9.17) is 19.2 Å². The number of hydrogen-bond acceptors (Lipinski definition) is 6. The summed E-state index contributed by atoms with van der Waals surface area (Å²) >= 11 is 0. The summed E-state index contributed by atoms with van der Waals surface area (Å²) in [6, 6.07) is -0.518. The number of aliphatic hydroxyl groups is 1. The van der Waals surface area contributed by atoms with Crippen LogP contribution in [0.15, 0.2) is 40.9 Å². The molecular formula is C22H19NO5. The molecule has 0 radical (unpaired) electrons. The minimum absolute atomic E-state index is 0.135. The Morgan fingerprint density at radius 1 is 1.25 bits per heavy atom. The molecule has 5 aliphatic rings. The molecule has 0 aromatic carbocycles. The Kier molecular flexibility index (Phi) is 3.34. The summed E-state index contributed by atoms with van der Waals surface area (Å²) in [5.74, 6) is 10.1. The Balaban J connectivity index is 1.89. The number of ketones is 1. The lowest BCUT2D eigenvalue weighted by Crippen LogP contribution is -2.73. The molecule has 3 aliphatic carbocycles. The smallest absolute Gasteiger partial charge is 0.216 e. The molecule has 142 valence electrons. The molecule has 6 nitrogen and oxygen atoms in total. The molecule has 0 aromatic heterocycles. The molecule has 2 fully saturated rings. The summed E-state index contributed by atoms with van der Waals surface area (Å²) in [7, 11) is 2.96. The third kappa shape index (κ3) is 1.67. The third-order valence-electron chi connectivity index (χ3n) is 6.60. The number of methoxy groups -OCH3 is 2. The number of carbonyl (C=O) groups excluding carboxylic acids is 1. The molecule has 4 bridgehead atoms. The molecule has 1 saturated carbocycles. The first-order valence-corrected chi connectivity index (χ1v) is 9.15. The van der Waals surface area contributed by atoms with Gasteiger partial charge in [-0.05, 0) is 36.3 Å². The van der Waals surface area contributed by atoms with E-state index in [2.05, 4.69) is 23.7 Å². The zero-order chi connectivity index (χ0) is 19.8. The van der Waals surface area contributed by atoms with Crippen LogP contribution in [0.2, 0.25) is 0 Å². The molecule has 1 saturated heterocycles. The van der Waals surface area contributed by atoms with Crippen molar-refractivity contribution >= 4 is 11.5 Å². The van der Waals surface area contributed by atoms with Crippen molar-refractivity contribution in [1.82, 2.24) is 0 Å². The van der Waals surface area contributed by atoms with Gasteiger partial charge < -0.3 is 19.3 Å². The number of nitrogens with zero attached hydrogens (tertiary/aromatic N) is 1. The summed E-state index contributed by atoms with van der Waals surface area (Å²) in [5.41, 5.74) is -3.07. The van der Waals surface area contributed by atoms with Gasteiger partial charge in [0.05, 0.1) is 5.71 Å². The zero-order valence-corrected chi connectivity index (χ0v) is 15.8. The van der Waals surface area contributed by atoms with Crippen molar-refractivity contribution in [3.05, 3.63) is 36.0 Å². The number of ether oxygens (including phenoxy) is 3. The number of allylic oxidation sites excluding steroid dienone is 5. The highest BCUT2D eigenvalue weighted by Crippen LogP contribution is 2.73. The fourth-order valence-corrected chi connectivity index (χ4v) is 5.35. The third-order valence-corrected chi connectivity index (χ3v) is 6.60. The van der Waals surface area contributed by atoms with Gasteiger partial charge in [-0.2, -0.15) is 0 Å². The molecule has 5 atom stereocenters. The normalized spacial score (nSPS) is 44.4. The van der Waals surface area contributed by atoms with Crippen LogP contribution in [0.1, 0.15) is 13.3 Å². The van der Waals surface area contributed by atoms with Crippen LogP contribution in [0, 0.1) is 29.6 Å². The standard InChI is InChI=1S/C22H19NO5/c1-14-13-20(26-2,27-3)19(25)11-7-5-4-6-8-18-21(14)22(19,28-21)16-12-15(24)9-10-17(16)23-18/h4-5,9-10,12,14,18,25H,13H2,1-3H3/b5-4-/t14-,18-,19+,21-,22-/m0/s1. The minimum atomic E-state index is -1.88. The van der Waals surface area contributed by atoms with Crippen LogP contribution in [-0.2, 0) is 19.0 Å². The van der Waals surface area contributed by atoms with Crippen molar-refractivity contribution in [3.63, 3.8) is 0 Å². The average Bonchev–Trinajstić information content (AvgIpc) is 3.42. The van der Waals surface area contributed by atoms with Gasteiger partial charge in [0.2, 0.25) is 11.4 Å². The maximum absolute atomic E-state index is 12.2. The predicted octanol–water partition coefficient (Wildman–Crippen LogP) is 0.719. The van der Waals surface area contributed by atoms with Crippen LogP contribution < -0.4 is 0 Å². The van der Waals surface area contributed by atoms with E-state index in [9.17, 15) is 9.90 Å². The molecule has 28 heavy (non-hydrogen) atoms. The number of hydrogen-bond donors (Lipinski definition) is 1. The Morgan fingerprint density at radius 2 is 2.00 bits per heavy atom. The summed E-state index contributed by atoms with van der Waals surface area (Å²) in [6.07, 6.45) is 8.06. The van der Waals surface area contributed by atoms with Crippen molar-refractivity contribution in [2.75, 3.05) is 14.2 Å². The van der Waals surface area contributed by atoms with Crippen LogP contribution in [0.4, 0.5) is 0 Å². The second-order valence-corrected chi connectivity index (χ2v) is 7.66. The maximum Gasteiger partial charge on any atom is 0.216 e. The first-order valence-electron chi connectivity index (χ1n) is 9.15. The van der Waals surface area contributed by atoms with Gasteiger partial charge in [0.25, 0.3) is 0 Å².